The summed E-state index contributed by atoms with van der Waals surface area (Å²) in [5.41, 5.74) is 1.37. The third-order valence-electron chi connectivity index (χ3n) is 3.22. The molecule has 2 amide bonds. The molecule has 0 radical (unpaired) electrons. The van der Waals surface area contributed by atoms with Crippen LogP contribution in [0.1, 0.15) is 30.1 Å². The van der Waals surface area contributed by atoms with Crippen molar-refractivity contribution >= 4 is 17.5 Å². The monoisotopic (exact) mass is 276 g/mol. The van der Waals surface area contributed by atoms with E-state index >= 15 is 0 Å². The number of nitrogens with one attached hydrogen (secondary N) is 2. The maximum Gasteiger partial charge on any atom is 0.256 e. The molecule has 0 aliphatic carbocycles. The third kappa shape index (κ3) is 3.46. The van der Waals surface area contributed by atoms with E-state index in [4.69, 9.17) is 0 Å². The lowest BCUT2D eigenvalue weighted by atomic mass is 10.2. The van der Waals surface area contributed by atoms with Crippen LogP contribution in [0.2, 0.25) is 0 Å². The predicted molar refractivity (Wildman–Crippen MR) is 76.5 cm³/mol. The molecule has 2 heterocycles. The van der Waals surface area contributed by atoms with Gasteiger partial charge in [-0.05, 0) is 12.5 Å². The smallest absolute Gasteiger partial charge is 0.256 e. The molecule has 1 aromatic rings. The van der Waals surface area contributed by atoms with Crippen LogP contribution in [-0.2, 0) is 4.79 Å². The van der Waals surface area contributed by atoms with E-state index in [0.717, 1.165) is 18.7 Å². The minimum Gasteiger partial charge on any atom is -0.383 e. The van der Waals surface area contributed by atoms with Crippen LogP contribution in [0.3, 0.4) is 0 Å². The number of amides is 2. The van der Waals surface area contributed by atoms with Crippen molar-refractivity contribution in [3.63, 3.8) is 0 Å². The first kappa shape index (κ1) is 14.3. The second-order valence-corrected chi connectivity index (χ2v) is 4.74. The maximum absolute atomic E-state index is 12.6. The Balaban J connectivity index is 2.13. The molecule has 0 atom stereocenters. The molecule has 6 nitrogen and oxygen atoms in total. The highest BCUT2D eigenvalue weighted by Crippen LogP contribution is 2.16. The van der Waals surface area contributed by atoms with Crippen molar-refractivity contribution < 1.29 is 9.59 Å². The summed E-state index contributed by atoms with van der Waals surface area (Å²) in [6.07, 6.45) is 4.62. The molecular formula is C14H20N4O2. The topological polar surface area (TPSA) is 74.3 Å². The summed E-state index contributed by atoms with van der Waals surface area (Å²) in [5.74, 6) is -0.0538. The van der Waals surface area contributed by atoms with E-state index < -0.39 is 0 Å². The number of pyridine rings is 1. The van der Waals surface area contributed by atoms with Crippen LogP contribution in [-0.4, -0.2) is 47.9 Å². The molecule has 6 heteroatoms. The van der Waals surface area contributed by atoms with Crippen molar-refractivity contribution in [2.45, 2.75) is 19.8 Å². The summed E-state index contributed by atoms with van der Waals surface area (Å²) < 4.78 is 0. The van der Waals surface area contributed by atoms with E-state index in [9.17, 15) is 9.59 Å². The summed E-state index contributed by atoms with van der Waals surface area (Å²) >= 11 is 0. The Morgan fingerprint density at radius 2 is 2.35 bits per heavy atom. The van der Waals surface area contributed by atoms with Gasteiger partial charge in [0.25, 0.3) is 5.91 Å². The summed E-state index contributed by atoms with van der Waals surface area (Å²) in [7, 11) is 0. The molecule has 1 saturated heterocycles. The van der Waals surface area contributed by atoms with Gasteiger partial charge in [0.1, 0.15) is 0 Å². The molecule has 20 heavy (non-hydrogen) atoms. The SMILES string of the molecule is CCCNc1cnccc1C(=O)N1CCNC(=O)CC1. The third-order valence-corrected chi connectivity index (χ3v) is 3.22. The van der Waals surface area contributed by atoms with Crippen molar-refractivity contribution in [1.29, 1.82) is 0 Å². The minimum atomic E-state index is -0.0532. The zero-order valence-corrected chi connectivity index (χ0v) is 11.7. The summed E-state index contributed by atoms with van der Waals surface area (Å²) in [4.78, 5) is 29.7. The molecule has 1 aromatic heterocycles. The van der Waals surface area contributed by atoms with Crippen LogP contribution in [0.25, 0.3) is 0 Å². The van der Waals surface area contributed by atoms with E-state index in [2.05, 4.69) is 22.5 Å². The number of nitrogens with zero attached hydrogens (tertiary/aromatic N) is 2. The molecule has 1 fully saturated rings. The maximum atomic E-state index is 12.6. The Morgan fingerprint density at radius 1 is 1.50 bits per heavy atom. The fraction of sp³-hybridized carbons (Fsp3) is 0.500. The van der Waals surface area contributed by atoms with Crippen LogP contribution >= 0.6 is 0 Å². The molecule has 0 unspecified atom stereocenters. The molecule has 0 bridgehead atoms. The lowest BCUT2D eigenvalue weighted by molar-refractivity contribution is -0.120. The largest absolute Gasteiger partial charge is 0.383 e. The fourth-order valence-electron chi connectivity index (χ4n) is 2.12. The van der Waals surface area contributed by atoms with Crippen LogP contribution in [0.5, 0.6) is 0 Å². The fourth-order valence-corrected chi connectivity index (χ4v) is 2.12. The number of carbonyl (C=O) groups is 2. The van der Waals surface area contributed by atoms with Crippen LogP contribution in [0.4, 0.5) is 5.69 Å². The van der Waals surface area contributed by atoms with Crippen molar-refractivity contribution in [1.82, 2.24) is 15.2 Å². The Hall–Kier alpha value is -2.11. The van der Waals surface area contributed by atoms with Gasteiger partial charge in [0.05, 0.1) is 17.4 Å². The lowest BCUT2D eigenvalue weighted by Crippen LogP contribution is -2.34. The zero-order chi connectivity index (χ0) is 14.4. The number of hydrogen-bond donors (Lipinski definition) is 2. The van der Waals surface area contributed by atoms with E-state index in [1.165, 1.54) is 0 Å². The predicted octanol–water partition coefficient (Wildman–Crippen LogP) is 0.866. The minimum absolute atomic E-state index is 0.000593. The first-order chi connectivity index (χ1) is 9.72. The standard InChI is InChI=1S/C14H20N4O2/c1-2-5-16-12-10-15-6-3-11(12)14(20)18-8-4-13(19)17-7-9-18/h3,6,10,16H,2,4-5,7-9H2,1H3,(H,17,19). The second-order valence-electron chi connectivity index (χ2n) is 4.74. The molecule has 0 aromatic carbocycles. The summed E-state index contributed by atoms with van der Waals surface area (Å²) in [5, 5.41) is 5.98. The van der Waals surface area contributed by atoms with E-state index in [1.807, 2.05) is 0 Å². The first-order valence-electron chi connectivity index (χ1n) is 6.96. The first-order valence-corrected chi connectivity index (χ1v) is 6.96. The molecule has 108 valence electrons. The molecule has 0 spiro atoms. The highest BCUT2D eigenvalue weighted by atomic mass is 16.2. The molecule has 1 aliphatic heterocycles. The molecule has 2 rings (SSSR count). The number of anilines is 1. The van der Waals surface area contributed by atoms with E-state index in [1.54, 1.807) is 23.4 Å². The Morgan fingerprint density at radius 3 is 3.15 bits per heavy atom. The average Bonchev–Trinajstić information content (AvgIpc) is 2.69. The Kier molecular flexibility index (Phi) is 4.92. The number of hydrogen-bond acceptors (Lipinski definition) is 4. The van der Waals surface area contributed by atoms with E-state index in [0.29, 0.717) is 31.6 Å². The number of carbonyl (C=O) groups excluding carboxylic acids is 2. The van der Waals surface area contributed by atoms with Gasteiger partial charge < -0.3 is 15.5 Å². The van der Waals surface area contributed by atoms with E-state index in [-0.39, 0.29) is 11.8 Å². The van der Waals surface area contributed by atoms with Gasteiger partial charge in [-0.2, -0.15) is 0 Å². The number of rotatable bonds is 4. The van der Waals surface area contributed by atoms with Gasteiger partial charge in [-0.1, -0.05) is 6.92 Å². The number of aromatic nitrogens is 1. The lowest BCUT2D eigenvalue weighted by Gasteiger charge is -2.21. The molecular weight excluding hydrogens is 256 g/mol. The Bertz CT molecular complexity index is 490. The zero-order valence-electron chi connectivity index (χ0n) is 11.7. The van der Waals surface area contributed by atoms with Crippen LogP contribution in [0.15, 0.2) is 18.5 Å². The highest BCUT2D eigenvalue weighted by Gasteiger charge is 2.21. The van der Waals surface area contributed by atoms with Crippen molar-refractivity contribution in [3.8, 4) is 0 Å². The summed E-state index contributed by atoms with van der Waals surface area (Å²) in [6.45, 7) is 4.37. The normalized spacial score (nSPS) is 15.4. The van der Waals surface area contributed by atoms with Gasteiger partial charge in [-0.3, -0.25) is 14.6 Å². The van der Waals surface area contributed by atoms with Crippen molar-refractivity contribution in [3.05, 3.63) is 24.0 Å². The average molecular weight is 276 g/mol. The van der Waals surface area contributed by atoms with Gasteiger partial charge in [0.15, 0.2) is 0 Å². The van der Waals surface area contributed by atoms with Gasteiger partial charge >= 0.3 is 0 Å². The van der Waals surface area contributed by atoms with Gasteiger partial charge in [-0.25, -0.2) is 0 Å². The molecule has 0 saturated carbocycles. The van der Waals surface area contributed by atoms with Crippen molar-refractivity contribution in [2.24, 2.45) is 0 Å². The van der Waals surface area contributed by atoms with Crippen molar-refractivity contribution in [2.75, 3.05) is 31.5 Å². The quantitative estimate of drug-likeness (QED) is 0.855. The second kappa shape index (κ2) is 6.88. The Labute approximate surface area is 118 Å². The van der Waals surface area contributed by atoms with Crippen LogP contribution < -0.4 is 10.6 Å². The van der Waals surface area contributed by atoms with Crippen LogP contribution in [0, 0.1) is 0 Å². The molecule has 1 aliphatic rings. The van der Waals surface area contributed by atoms with Gasteiger partial charge in [-0.15, -0.1) is 0 Å². The molecule has 2 N–H and O–H groups in total. The highest BCUT2D eigenvalue weighted by molar-refractivity contribution is 5.99. The summed E-state index contributed by atoms with van der Waals surface area (Å²) in [6, 6.07) is 1.72. The van der Waals surface area contributed by atoms with Gasteiger partial charge in [0, 0.05) is 38.8 Å². The van der Waals surface area contributed by atoms with Gasteiger partial charge in [0.2, 0.25) is 5.91 Å².